The summed E-state index contributed by atoms with van der Waals surface area (Å²) in [5.41, 5.74) is 3.37. The molecule has 0 radical (unpaired) electrons. The van der Waals surface area contributed by atoms with Crippen molar-refractivity contribution in [2.75, 3.05) is 14.2 Å². The highest BCUT2D eigenvalue weighted by Crippen LogP contribution is 2.51. The quantitative estimate of drug-likeness (QED) is 0.766. The van der Waals surface area contributed by atoms with E-state index in [9.17, 15) is 14.7 Å². The summed E-state index contributed by atoms with van der Waals surface area (Å²) in [5, 5.41) is 12.4. The van der Waals surface area contributed by atoms with E-state index in [0.29, 0.717) is 23.5 Å². The van der Waals surface area contributed by atoms with Crippen molar-refractivity contribution in [1.29, 1.82) is 0 Å². The van der Waals surface area contributed by atoms with Crippen LogP contribution in [0.4, 0.5) is 0 Å². The summed E-state index contributed by atoms with van der Waals surface area (Å²) in [6.45, 7) is 3.79. The molecule has 6 nitrogen and oxygen atoms in total. The third-order valence-electron chi connectivity index (χ3n) is 5.45. The molecule has 6 heteroatoms. The van der Waals surface area contributed by atoms with Crippen LogP contribution in [0.25, 0.3) is 0 Å². The second kappa shape index (κ2) is 7.92. The topological polar surface area (TPSA) is 84.9 Å². The lowest BCUT2D eigenvalue weighted by molar-refractivity contribution is -0.142. The van der Waals surface area contributed by atoms with Crippen LogP contribution >= 0.6 is 0 Å². The van der Waals surface area contributed by atoms with Gasteiger partial charge in [-0.1, -0.05) is 18.2 Å². The summed E-state index contributed by atoms with van der Waals surface area (Å²) in [6, 6.07) is 9.90. The van der Waals surface area contributed by atoms with Gasteiger partial charge in [-0.25, -0.2) is 4.79 Å². The molecular weight excluding hydrogens is 358 g/mol. The molecule has 2 N–H and O–H groups in total. The average molecular weight is 383 g/mol. The van der Waals surface area contributed by atoms with Crippen LogP contribution in [-0.4, -0.2) is 31.2 Å². The molecule has 28 heavy (non-hydrogen) atoms. The highest BCUT2D eigenvalue weighted by molar-refractivity contribution is 5.88. The van der Waals surface area contributed by atoms with Crippen molar-refractivity contribution in [2.24, 2.45) is 5.92 Å². The van der Waals surface area contributed by atoms with Crippen molar-refractivity contribution in [2.45, 2.75) is 32.2 Å². The van der Waals surface area contributed by atoms with E-state index in [4.69, 9.17) is 9.47 Å². The van der Waals surface area contributed by atoms with E-state index in [0.717, 1.165) is 16.7 Å². The van der Waals surface area contributed by atoms with Gasteiger partial charge in [0.2, 0.25) is 5.91 Å². The van der Waals surface area contributed by atoms with Crippen molar-refractivity contribution in [3.05, 3.63) is 58.7 Å². The Morgan fingerprint density at radius 1 is 1.14 bits per heavy atom. The maximum absolute atomic E-state index is 12.8. The molecule has 0 bridgehead atoms. The summed E-state index contributed by atoms with van der Waals surface area (Å²) in [6.07, 6.45) is 0.647. The summed E-state index contributed by atoms with van der Waals surface area (Å²) in [4.78, 5) is 24.6. The SMILES string of the molecule is COc1ccc(OC)c(C2CC2C(=O)NC(C(=O)O)c2cccc(C)c2C)c1. The van der Waals surface area contributed by atoms with Gasteiger partial charge in [0, 0.05) is 17.4 Å². The molecule has 1 aliphatic rings. The number of hydrogen-bond acceptors (Lipinski definition) is 4. The van der Waals surface area contributed by atoms with Crippen LogP contribution < -0.4 is 14.8 Å². The predicted octanol–water partition coefficient (Wildman–Crippen LogP) is 3.37. The molecule has 1 amide bonds. The number of methoxy groups -OCH3 is 2. The fraction of sp³-hybridized carbons (Fsp3) is 0.364. The van der Waals surface area contributed by atoms with E-state index >= 15 is 0 Å². The molecule has 0 saturated heterocycles. The molecule has 0 aromatic heterocycles. The molecule has 148 valence electrons. The Labute approximate surface area is 164 Å². The minimum atomic E-state index is -1.07. The van der Waals surface area contributed by atoms with Crippen LogP contribution in [0.1, 0.15) is 40.6 Å². The van der Waals surface area contributed by atoms with Gasteiger partial charge in [-0.2, -0.15) is 0 Å². The first kappa shape index (κ1) is 19.7. The highest BCUT2D eigenvalue weighted by atomic mass is 16.5. The van der Waals surface area contributed by atoms with Gasteiger partial charge in [0.05, 0.1) is 14.2 Å². The first-order valence-corrected chi connectivity index (χ1v) is 9.18. The number of benzene rings is 2. The summed E-state index contributed by atoms with van der Waals surface area (Å²) in [7, 11) is 3.17. The zero-order valence-electron chi connectivity index (χ0n) is 16.5. The van der Waals surface area contributed by atoms with Crippen LogP contribution in [0.5, 0.6) is 11.5 Å². The normalized spacial score (nSPS) is 18.9. The molecule has 2 aromatic rings. The van der Waals surface area contributed by atoms with Crippen LogP contribution in [-0.2, 0) is 9.59 Å². The average Bonchev–Trinajstić information content (AvgIpc) is 3.48. The lowest BCUT2D eigenvalue weighted by Gasteiger charge is -2.18. The molecule has 1 fully saturated rings. The zero-order valence-corrected chi connectivity index (χ0v) is 16.5. The van der Waals surface area contributed by atoms with E-state index in [-0.39, 0.29) is 17.7 Å². The number of hydrogen-bond donors (Lipinski definition) is 2. The molecule has 0 spiro atoms. The van der Waals surface area contributed by atoms with Gasteiger partial charge in [-0.15, -0.1) is 0 Å². The zero-order chi connectivity index (χ0) is 20.4. The number of amides is 1. The first-order chi connectivity index (χ1) is 13.4. The van der Waals surface area contributed by atoms with E-state index in [1.54, 1.807) is 32.4 Å². The Balaban J connectivity index is 1.78. The number of carboxylic acids is 1. The van der Waals surface area contributed by atoms with Crippen molar-refractivity contribution < 1.29 is 24.2 Å². The number of aryl methyl sites for hydroxylation is 1. The minimum Gasteiger partial charge on any atom is -0.497 e. The third kappa shape index (κ3) is 3.81. The molecule has 3 rings (SSSR count). The van der Waals surface area contributed by atoms with Crippen molar-refractivity contribution in [1.82, 2.24) is 5.32 Å². The second-order valence-corrected chi connectivity index (χ2v) is 7.13. The minimum absolute atomic E-state index is 0.0156. The molecule has 2 aromatic carbocycles. The van der Waals surface area contributed by atoms with Crippen molar-refractivity contribution in [3.63, 3.8) is 0 Å². The van der Waals surface area contributed by atoms with Gasteiger partial charge >= 0.3 is 5.97 Å². The Kier molecular flexibility index (Phi) is 5.58. The first-order valence-electron chi connectivity index (χ1n) is 9.18. The number of ether oxygens (including phenoxy) is 2. The second-order valence-electron chi connectivity index (χ2n) is 7.13. The van der Waals surface area contributed by atoms with Crippen LogP contribution in [0.15, 0.2) is 36.4 Å². The number of aliphatic carboxylic acids is 1. The van der Waals surface area contributed by atoms with Crippen molar-refractivity contribution >= 4 is 11.9 Å². The predicted molar refractivity (Wildman–Crippen MR) is 105 cm³/mol. The highest BCUT2D eigenvalue weighted by Gasteiger charge is 2.46. The lowest BCUT2D eigenvalue weighted by Crippen LogP contribution is -2.35. The summed E-state index contributed by atoms with van der Waals surface area (Å²) >= 11 is 0. The standard InChI is InChI=1S/C22H25NO5/c1-12-6-5-7-15(13(12)2)20(22(25)26)23-21(24)18-11-16(18)17-10-14(27-3)8-9-19(17)28-4/h5-10,16,18,20H,11H2,1-4H3,(H,23,24)(H,25,26). The molecule has 0 heterocycles. The van der Waals surface area contributed by atoms with Crippen LogP contribution in [0.3, 0.4) is 0 Å². The molecule has 1 aliphatic carbocycles. The molecule has 3 unspecified atom stereocenters. The molecular formula is C22H25NO5. The summed E-state index contributed by atoms with van der Waals surface area (Å²) in [5.74, 6) is -0.237. The van der Waals surface area contributed by atoms with Gasteiger partial charge in [0.25, 0.3) is 0 Å². The smallest absolute Gasteiger partial charge is 0.330 e. The third-order valence-corrected chi connectivity index (χ3v) is 5.45. The number of carbonyl (C=O) groups excluding carboxylic acids is 1. The van der Waals surface area contributed by atoms with E-state index < -0.39 is 12.0 Å². The number of rotatable bonds is 7. The van der Waals surface area contributed by atoms with Crippen molar-refractivity contribution in [3.8, 4) is 11.5 Å². The molecule has 3 atom stereocenters. The lowest BCUT2D eigenvalue weighted by atomic mass is 9.97. The van der Waals surface area contributed by atoms with Gasteiger partial charge < -0.3 is 19.9 Å². The van der Waals surface area contributed by atoms with Crippen LogP contribution in [0.2, 0.25) is 0 Å². The van der Waals surface area contributed by atoms with E-state index in [2.05, 4.69) is 5.32 Å². The number of carbonyl (C=O) groups is 2. The fourth-order valence-electron chi connectivity index (χ4n) is 3.57. The summed E-state index contributed by atoms with van der Waals surface area (Å²) < 4.78 is 10.7. The van der Waals surface area contributed by atoms with Crippen LogP contribution in [0, 0.1) is 19.8 Å². The van der Waals surface area contributed by atoms with Gasteiger partial charge in [-0.3, -0.25) is 4.79 Å². The van der Waals surface area contributed by atoms with E-state index in [1.807, 2.05) is 32.0 Å². The van der Waals surface area contributed by atoms with Gasteiger partial charge in [0.15, 0.2) is 6.04 Å². The monoisotopic (exact) mass is 383 g/mol. The fourth-order valence-corrected chi connectivity index (χ4v) is 3.57. The largest absolute Gasteiger partial charge is 0.497 e. The Bertz CT molecular complexity index is 908. The Hall–Kier alpha value is -3.02. The van der Waals surface area contributed by atoms with E-state index in [1.165, 1.54) is 0 Å². The maximum Gasteiger partial charge on any atom is 0.330 e. The number of nitrogens with one attached hydrogen (secondary N) is 1. The maximum atomic E-state index is 12.8. The van der Waals surface area contributed by atoms with Gasteiger partial charge in [-0.05, 0) is 55.2 Å². The molecule has 1 saturated carbocycles. The Morgan fingerprint density at radius 3 is 2.54 bits per heavy atom. The van der Waals surface area contributed by atoms with Gasteiger partial charge in [0.1, 0.15) is 11.5 Å². The molecule has 0 aliphatic heterocycles. The number of carboxylic acid groups (broad SMARTS) is 1. The Morgan fingerprint density at radius 2 is 1.89 bits per heavy atom.